The van der Waals surface area contributed by atoms with Crippen molar-refractivity contribution in [3.8, 4) is 0 Å². The van der Waals surface area contributed by atoms with Gasteiger partial charge in [-0.2, -0.15) is 4.89 Å². The van der Waals surface area contributed by atoms with E-state index in [9.17, 15) is 4.57 Å². The van der Waals surface area contributed by atoms with E-state index in [1.807, 2.05) is 0 Å². The molecule has 8 heavy (non-hydrogen) atoms. The van der Waals surface area contributed by atoms with E-state index in [2.05, 4.69) is 0 Å². The lowest BCUT2D eigenvalue weighted by Gasteiger charge is -2.02. The third kappa shape index (κ3) is 1.86. The Bertz CT molecular complexity index is 99.5. The minimum atomic E-state index is -2.24. The molecule has 0 aromatic rings. The molecule has 0 aromatic heterocycles. The second kappa shape index (κ2) is 2.53. The summed E-state index contributed by atoms with van der Waals surface area (Å²) in [5, 5.41) is 7.58. The molecule has 0 amide bonds. The molecule has 0 saturated carbocycles. The number of rotatable bonds is 2. The summed E-state index contributed by atoms with van der Waals surface area (Å²) >= 11 is 0. The summed E-state index contributed by atoms with van der Waals surface area (Å²) in [7, 11) is -2.24. The first-order valence-electron chi connectivity index (χ1n) is 2.28. The first-order valence-corrected chi connectivity index (χ1v) is 3.49. The van der Waals surface area contributed by atoms with Crippen LogP contribution in [-0.4, -0.2) is 21.8 Å². The van der Waals surface area contributed by atoms with Crippen molar-refractivity contribution >= 4 is 8.03 Å². The Balaban J connectivity index is 3.91. The maximum absolute atomic E-state index is 10.2. The third-order valence-corrected chi connectivity index (χ3v) is 2.08. The van der Waals surface area contributed by atoms with Gasteiger partial charge in [-0.05, 0) is 18.4 Å². The van der Waals surface area contributed by atoms with E-state index in [0.717, 1.165) is 0 Å². The van der Waals surface area contributed by atoms with Gasteiger partial charge in [0.15, 0.2) is 0 Å². The summed E-state index contributed by atoms with van der Waals surface area (Å²) < 4.78 is 10.2. The van der Waals surface area contributed by atoms with Crippen molar-refractivity contribution < 1.29 is 14.6 Å². The summed E-state index contributed by atoms with van der Waals surface area (Å²) in [6, 6.07) is 0. The van der Waals surface area contributed by atoms with Gasteiger partial charge in [0.1, 0.15) is 0 Å². The van der Waals surface area contributed by atoms with Crippen LogP contribution in [0.25, 0.3) is 0 Å². The van der Waals surface area contributed by atoms with Gasteiger partial charge in [-0.1, -0.05) is 0 Å². The van der Waals surface area contributed by atoms with Gasteiger partial charge in [0.25, 0.3) is 0 Å². The van der Waals surface area contributed by atoms with E-state index >= 15 is 0 Å². The molecule has 0 heterocycles. The van der Waals surface area contributed by atoms with Gasteiger partial charge in [-0.3, -0.25) is 0 Å². The van der Waals surface area contributed by atoms with Gasteiger partial charge < -0.3 is 5.11 Å². The normalized spacial score (nSPS) is 13.8. The Morgan fingerprint density at radius 1 is 1.62 bits per heavy atom. The molecule has 0 spiro atoms. The zero-order valence-corrected chi connectivity index (χ0v) is 5.85. The fraction of sp³-hybridized carbons (Fsp3) is 1.00. The molecule has 0 radical (unpaired) electrons. The Morgan fingerprint density at radius 2 is 2.00 bits per heavy atom. The molecule has 4 heteroatoms. The Kier molecular flexibility index (Phi) is 2.54. The average molecular weight is 137 g/mol. The molecule has 0 aliphatic carbocycles. The fourth-order valence-electron chi connectivity index (χ4n) is 0.0605. The molecule has 0 aliphatic heterocycles. The van der Waals surface area contributed by atoms with Crippen molar-refractivity contribution in [3.63, 3.8) is 0 Å². The van der Waals surface area contributed by atoms with Gasteiger partial charge >= 0.3 is 8.03 Å². The zero-order valence-electron chi connectivity index (χ0n) is 4.96. The highest BCUT2D eigenvalue weighted by atomic mass is 31.1. The first kappa shape index (κ1) is 8.02. The highest BCUT2D eigenvalue weighted by molar-refractivity contribution is 7.40. The quantitative estimate of drug-likeness (QED) is 0.544. The van der Waals surface area contributed by atoms with E-state index in [1.54, 1.807) is 0 Å². The zero-order chi connectivity index (χ0) is 6.78. The smallest absolute Gasteiger partial charge is 0.391 e. The molecule has 2 N–H and O–H groups in total. The monoisotopic (exact) mass is 137 g/mol. The summed E-state index contributed by atoms with van der Waals surface area (Å²) in [5.74, 6) is 0. The lowest BCUT2D eigenvalue weighted by molar-refractivity contribution is 0.252. The van der Waals surface area contributed by atoms with Crippen molar-refractivity contribution in [2.75, 3.05) is 6.61 Å². The van der Waals surface area contributed by atoms with Crippen LogP contribution in [0.1, 0.15) is 13.8 Å². The minimum Gasteiger partial charge on any atom is -0.391 e. The molecular formula is C4H10O3P+. The van der Waals surface area contributed by atoms with Crippen molar-refractivity contribution in [2.45, 2.75) is 19.0 Å². The number of aliphatic hydroxyl groups excluding tert-OH is 1. The number of hydrogen-bond acceptors (Lipinski definition) is 2. The minimum absolute atomic E-state index is 0.251. The number of aliphatic hydroxyl groups is 1. The molecule has 1 atom stereocenters. The third-order valence-electron chi connectivity index (χ3n) is 0.905. The van der Waals surface area contributed by atoms with Crippen LogP contribution in [0.2, 0.25) is 0 Å². The highest BCUT2D eigenvalue weighted by Gasteiger charge is 2.38. The maximum atomic E-state index is 10.2. The van der Waals surface area contributed by atoms with E-state index < -0.39 is 13.2 Å². The Labute approximate surface area is 49.2 Å². The molecule has 48 valence electrons. The van der Waals surface area contributed by atoms with Crippen LogP contribution in [0.4, 0.5) is 0 Å². The van der Waals surface area contributed by atoms with Gasteiger partial charge in [-0.25, -0.2) is 0 Å². The summed E-state index contributed by atoms with van der Waals surface area (Å²) in [6.45, 7) is 2.82. The van der Waals surface area contributed by atoms with E-state index in [-0.39, 0.29) is 6.61 Å². The van der Waals surface area contributed by atoms with Crippen LogP contribution in [-0.2, 0) is 4.57 Å². The van der Waals surface area contributed by atoms with Gasteiger partial charge in [0, 0.05) is 0 Å². The second-order valence-corrected chi connectivity index (χ2v) is 4.00. The SMILES string of the molecule is CC(C)(CO)[P+](=O)O. The molecule has 1 unspecified atom stereocenters. The van der Waals surface area contributed by atoms with E-state index in [4.69, 9.17) is 10.00 Å². The largest absolute Gasteiger partial charge is 0.513 e. The predicted octanol–water partition coefficient (Wildman–Crippen LogP) is 0.492. The standard InChI is InChI=1S/C4H9O3P/c1-4(2,3-5)8(6)7/h5H,3H2,1-2H3/p+1. The molecular weight excluding hydrogens is 127 g/mol. The average Bonchev–Trinajstić information content (AvgIpc) is 1.67. The topological polar surface area (TPSA) is 57.5 Å². The molecule has 0 bridgehead atoms. The van der Waals surface area contributed by atoms with Crippen LogP contribution < -0.4 is 0 Å². The lowest BCUT2D eigenvalue weighted by atomic mass is 10.2. The summed E-state index contributed by atoms with van der Waals surface area (Å²) in [6.07, 6.45) is 0. The molecule has 0 rings (SSSR count). The van der Waals surface area contributed by atoms with Crippen LogP contribution >= 0.6 is 8.03 Å². The van der Waals surface area contributed by atoms with Crippen LogP contribution in [0.3, 0.4) is 0 Å². The molecule has 0 aliphatic rings. The van der Waals surface area contributed by atoms with Gasteiger partial charge in [0.2, 0.25) is 5.16 Å². The van der Waals surface area contributed by atoms with Crippen LogP contribution in [0, 0.1) is 0 Å². The van der Waals surface area contributed by atoms with Crippen molar-refractivity contribution in [2.24, 2.45) is 0 Å². The van der Waals surface area contributed by atoms with Crippen LogP contribution in [0.5, 0.6) is 0 Å². The lowest BCUT2D eigenvalue weighted by Crippen LogP contribution is -2.19. The highest BCUT2D eigenvalue weighted by Crippen LogP contribution is 2.33. The van der Waals surface area contributed by atoms with Gasteiger partial charge in [0.05, 0.1) is 6.61 Å². The summed E-state index contributed by atoms with van der Waals surface area (Å²) in [4.78, 5) is 8.43. The Hall–Kier alpha value is 0.0200. The van der Waals surface area contributed by atoms with Crippen molar-refractivity contribution in [1.82, 2.24) is 0 Å². The Morgan fingerprint density at radius 3 is 2.00 bits per heavy atom. The van der Waals surface area contributed by atoms with Crippen molar-refractivity contribution in [3.05, 3.63) is 0 Å². The molecule has 0 aromatic carbocycles. The molecule has 0 saturated heterocycles. The van der Waals surface area contributed by atoms with Crippen molar-refractivity contribution in [1.29, 1.82) is 0 Å². The predicted molar refractivity (Wildman–Crippen MR) is 31.0 cm³/mol. The fourth-order valence-corrected chi connectivity index (χ4v) is 0.181. The summed E-state index contributed by atoms with van der Waals surface area (Å²) in [5.41, 5.74) is 0. The number of hydrogen-bond donors (Lipinski definition) is 2. The molecule has 3 nitrogen and oxygen atoms in total. The van der Waals surface area contributed by atoms with Gasteiger partial charge in [-0.15, -0.1) is 0 Å². The van der Waals surface area contributed by atoms with Crippen LogP contribution in [0.15, 0.2) is 0 Å². The van der Waals surface area contributed by atoms with E-state index in [1.165, 1.54) is 13.8 Å². The first-order chi connectivity index (χ1) is 3.50. The second-order valence-electron chi connectivity index (χ2n) is 2.24. The molecule has 0 fully saturated rings. The maximum Gasteiger partial charge on any atom is 0.513 e. The van der Waals surface area contributed by atoms with E-state index in [0.29, 0.717) is 0 Å².